The van der Waals surface area contributed by atoms with Crippen molar-refractivity contribution >= 4 is 29.9 Å². The lowest BCUT2D eigenvalue weighted by Crippen LogP contribution is -2.51. The molecule has 0 spiro atoms. The highest BCUT2D eigenvalue weighted by Gasteiger charge is 2.37. The fraction of sp³-hybridized carbons (Fsp3) is 0.600. The molecule has 0 bridgehead atoms. The van der Waals surface area contributed by atoms with Gasteiger partial charge in [-0.1, -0.05) is 26.7 Å². The number of amides is 2. The minimum absolute atomic E-state index is 0. The zero-order chi connectivity index (χ0) is 18.6. The maximum atomic E-state index is 12.7. The second kappa shape index (κ2) is 9.38. The van der Waals surface area contributed by atoms with Crippen molar-refractivity contribution in [3.8, 4) is 0 Å². The van der Waals surface area contributed by atoms with Crippen LogP contribution in [0.4, 0.5) is 5.69 Å². The van der Waals surface area contributed by atoms with Crippen LogP contribution < -0.4 is 16.4 Å². The van der Waals surface area contributed by atoms with Crippen molar-refractivity contribution in [3.05, 3.63) is 29.3 Å². The lowest BCUT2D eigenvalue weighted by Gasteiger charge is -2.37. The van der Waals surface area contributed by atoms with Gasteiger partial charge in [-0.15, -0.1) is 12.4 Å². The van der Waals surface area contributed by atoms with Crippen LogP contribution in [0.15, 0.2) is 18.2 Å². The quantitative estimate of drug-likeness (QED) is 0.727. The Morgan fingerprint density at radius 3 is 2.58 bits per heavy atom. The zero-order valence-electron chi connectivity index (χ0n) is 16.2. The Morgan fingerprint density at radius 2 is 2.00 bits per heavy atom. The third-order valence-electron chi connectivity index (χ3n) is 4.99. The highest BCUT2D eigenvalue weighted by Crippen LogP contribution is 2.32. The Hall–Kier alpha value is -1.59. The summed E-state index contributed by atoms with van der Waals surface area (Å²) in [4.78, 5) is 24.8. The van der Waals surface area contributed by atoms with Crippen molar-refractivity contribution in [2.75, 3.05) is 11.9 Å². The summed E-state index contributed by atoms with van der Waals surface area (Å²) in [5, 5.41) is 5.91. The Labute approximate surface area is 162 Å². The molecule has 2 unspecified atom stereocenters. The lowest BCUT2D eigenvalue weighted by atomic mass is 9.74. The monoisotopic (exact) mass is 381 g/mol. The van der Waals surface area contributed by atoms with E-state index >= 15 is 0 Å². The molecule has 2 atom stereocenters. The summed E-state index contributed by atoms with van der Waals surface area (Å²) in [7, 11) is 0. The fourth-order valence-electron chi connectivity index (χ4n) is 3.35. The first-order valence-electron chi connectivity index (χ1n) is 9.19. The van der Waals surface area contributed by atoms with Crippen LogP contribution in [-0.2, 0) is 4.79 Å². The van der Waals surface area contributed by atoms with Crippen molar-refractivity contribution in [1.82, 2.24) is 5.32 Å². The molecule has 1 fully saturated rings. The van der Waals surface area contributed by atoms with Gasteiger partial charge in [-0.25, -0.2) is 0 Å². The number of rotatable bonds is 5. The number of aryl methyl sites for hydroxylation is 1. The van der Waals surface area contributed by atoms with Gasteiger partial charge >= 0.3 is 0 Å². The van der Waals surface area contributed by atoms with Gasteiger partial charge in [0.15, 0.2) is 0 Å². The SMILES string of the molecule is Cc1cc(C(=O)NCC(C)C)ccc1NC(=O)C1CCCCC1(C)N.Cl. The molecule has 2 amide bonds. The van der Waals surface area contributed by atoms with Gasteiger partial charge in [-0.05, 0) is 56.4 Å². The number of carbonyl (C=O) groups is 2. The van der Waals surface area contributed by atoms with Gasteiger partial charge in [0.2, 0.25) is 5.91 Å². The van der Waals surface area contributed by atoms with Gasteiger partial charge in [-0.2, -0.15) is 0 Å². The van der Waals surface area contributed by atoms with E-state index in [-0.39, 0.29) is 30.1 Å². The van der Waals surface area contributed by atoms with E-state index in [0.29, 0.717) is 18.0 Å². The number of anilines is 1. The van der Waals surface area contributed by atoms with Crippen LogP contribution in [0, 0.1) is 18.8 Å². The molecule has 1 saturated carbocycles. The Morgan fingerprint density at radius 1 is 1.31 bits per heavy atom. The molecule has 0 aliphatic heterocycles. The first-order valence-corrected chi connectivity index (χ1v) is 9.19. The molecule has 1 aromatic rings. The number of halogens is 1. The van der Waals surface area contributed by atoms with E-state index < -0.39 is 5.54 Å². The van der Waals surface area contributed by atoms with Crippen molar-refractivity contribution in [1.29, 1.82) is 0 Å². The summed E-state index contributed by atoms with van der Waals surface area (Å²) in [5.74, 6) is 0.126. The summed E-state index contributed by atoms with van der Waals surface area (Å²) in [5.41, 5.74) is 8.10. The van der Waals surface area contributed by atoms with Gasteiger partial charge < -0.3 is 16.4 Å². The largest absolute Gasteiger partial charge is 0.352 e. The van der Waals surface area contributed by atoms with Crippen molar-refractivity contribution in [3.63, 3.8) is 0 Å². The first-order chi connectivity index (χ1) is 11.7. The van der Waals surface area contributed by atoms with Gasteiger partial charge in [-0.3, -0.25) is 9.59 Å². The van der Waals surface area contributed by atoms with Gasteiger partial charge in [0.1, 0.15) is 0 Å². The van der Waals surface area contributed by atoms with Crippen LogP contribution in [0.3, 0.4) is 0 Å². The number of nitrogens with one attached hydrogen (secondary N) is 2. The fourth-order valence-corrected chi connectivity index (χ4v) is 3.35. The van der Waals surface area contributed by atoms with E-state index in [0.717, 1.165) is 36.9 Å². The summed E-state index contributed by atoms with van der Waals surface area (Å²) in [6.07, 6.45) is 3.82. The van der Waals surface area contributed by atoms with Crippen LogP contribution in [-0.4, -0.2) is 23.9 Å². The molecule has 1 aromatic carbocycles. The van der Waals surface area contributed by atoms with E-state index in [4.69, 9.17) is 5.73 Å². The predicted molar refractivity (Wildman–Crippen MR) is 109 cm³/mol. The molecule has 0 aromatic heterocycles. The molecule has 0 saturated heterocycles. The molecular weight excluding hydrogens is 350 g/mol. The van der Waals surface area contributed by atoms with Crippen molar-refractivity contribution in [2.24, 2.45) is 17.6 Å². The van der Waals surface area contributed by atoms with E-state index in [2.05, 4.69) is 24.5 Å². The van der Waals surface area contributed by atoms with Crippen molar-refractivity contribution < 1.29 is 9.59 Å². The molecule has 146 valence electrons. The maximum absolute atomic E-state index is 12.7. The summed E-state index contributed by atoms with van der Waals surface area (Å²) < 4.78 is 0. The topological polar surface area (TPSA) is 84.2 Å². The van der Waals surface area contributed by atoms with E-state index in [1.165, 1.54) is 0 Å². The standard InChI is InChI=1S/C20H31N3O2.ClH/c1-13(2)12-22-18(24)15-8-9-17(14(3)11-15)23-19(25)16-7-5-6-10-20(16,4)21;/h8-9,11,13,16H,5-7,10,12,21H2,1-4H3,(H,22,24)(H,23,25);1H. The van der Waals surface area contributed by atoms with E-state index in [9.17, 15) is 9.59 Å². The molecule has 0 radical (unpaired) electrons. The molecule has 5 nitrogen and oxygen atoms in total. The average Bonchev–Trinajstić information content (AvgIpc) is 2.53. The third kappa shape index (κ3) is 5.71. The highest BCUT2D eigenvalue weighted by molar-refractivity contribution is 5.97. The van der Waals surface area contributed by atoms with Crippen LogP contribution in [0.1, 0.15) is 62.4 Å². The Balaban J connectivity index is 0.00000338. The van der Waals surface area contributed by atoms with Gasteiger partial charge in [0.25, 0.3) is 5.91 Å². The van der Waals surface area contributed by atoms with Crippen LogP contribution >= 0.6 is 12.4 Å². The Bertz CT molecular complexity index is 644. The number of hydrogen-bond donors (Lipinski definition) is 3. The number of benzene rings is 1. The molecule has 6 heteroatoms. The highest BCUT2D eigenvalue weighted by atomic mass is 35.5. The minimum Gasteiger partial charge on any atom is -0.352 e. The molecule has 1 aliphatic carbocycles. The smallest absolute Gasteiger partial charge is 0.251 e. The second-order valence-corrected chi connectivity index (χ2v) is 7.93. The summed E-state index contributed by atoms with van der Waals surface area (Å²) >= 11 is 0. The number of nitrogens with two attached hydrogens (primary N) is 1. The molecule has 1 aliphatic rings. The molecule has 0 heterocycles. The maximum Gasteiger partial charge on any atom is 0.251 e. The molecular formula is C20H32ClN3O2. The van der Waals surface area contributed by atoms with Crippen molar-refractivity contribution in [2.45, 2.75) is 58.9 Å². The van der Waals surface area contributed by atoms with Crippen LogP contribution in [0.2, 0.25) is 0 Å². The number of carbonyl (C=O) groups excluding carboxylic acids is 2. The summed E-state index contributed by atoms with van der Waals surface area (Å²) in [6.45, 7) is 8.62. The second-order valence-electron chi connectivity index (χ2n) is 7.93. The summed E-state index contributed by atoms with van der Waals surface area (Å²) in [6, 6.07) is 5.36. The Kier molecular flexibility index (Phi) is 8.10. The van der Waals surface area contributed by atoms with Crippen LogP contribution in [0.25, 0.3) is 0 Å². The third-order valence-corrected chi connectivity index (χ3v) is 4.99. The lowest BCUT2D eigenvalue weighted by molar-refractivity contribution is -0.122. The average molecular weight is 382 g/mol. The minimum atomic E-state index is -0.451. The van der Waals surface area contributed by atoms with Crippen LogP contribution in [0.5, 0.6) is 0 Å². The normalized spacial score (nSPS) is 22.5. The number of hydrogen-bond acceptors (Lipinski definition) is 3. The zero-order valence-corrected chi connectivity index (χ0v) is 17.0. The molecule has 4 N–H and O–H groups in total. The predicted octanol–water partition coefficient (Wildman–Crippen LogP) is 3.65. The van der Waals surface area contributed by atoms with E-state index in [1.807, 2.05) is 19.9 Å². The van der Waals surface area contributed by atoms with E-state index in [1.54, 1.807) is 12.1 Å². The van der Waals surface area contributed by atoms with Gasteiger partial charge in [0, 0.05) is 23.3 Å². The first kappa shape index (κ1) is 22.5. The molecule has 2 rings (SSSR count). The molecule has 26 heavy (non-hydrogen) atoms. The van der Waals surface area contributed by atoms with Gasteiger partial charge in [0.05, 0.1) is 5.92 Å².